The van der Waals surface area contributed by atoms with Gasteiger partial charge in [-0.2, -0.15) is 0 Å². The van der Waals surface area contributed by atoms with Crippen molar-refractivity contribution in [3.63, 3.8) is 0 Å². The number of pyridine rings is 1. The lowest BCUT2D eigenvalue weighted by Crippen LogP contribution is -2.06. The molecule has 1 atom stereocenters. The number of aromatic amines is 1. The highest BCUT2D eigenvalue weighted by molar-refractivity contribution is 6.08. The first-order chi connectivity index (χ1) is 18.4. The van der Waals surface area contributed by atoms with E-state index < -0.39 is 0 Å². The summed E-state index contributed by atoms with van der Waals surface area (Å²) in [6, 6.07) is 7.94. The second-order valence-corrected chi connectivity index (χ2v) is 9.90. The largest absolute Gasteiger partial charge is 0.344 e. The second kappa shape index (κ2) is 16.3. The molecule has 0 aliphatic heterocycles. The highest BCUT2D eigenvalue weighted by atomic mass is 16.1. The van der Waals surface area contributed by atoms with Gasteiger partial charge in [-0.05, 0) is 63.3 Å². The molecule has 1 aromatic carbocycles. The Labute approximate surface area is 229 Å². The number of ketones is 1. The van der Waals surface area contributed by atoms with Crippen molar-refractivity contribution in [1.82, 2.24) is 15.0 Å². The first kappa shape index (κ1) is 30.7. The molecule has 0 saturated heterocycles. The minimum atomic E-state index is 0.182. The molecule has 0 saturated carbocycles. The zero-order chi connectivity index (χ0) is 27.9. The average molecular weight is 512 g/mol. The van der Waals surface area contributed by atoms with Crippen LogP contribution in [0.4, 0.5) is 0 Å². The molecule has 202 valence electrons. The van der Waals surface area contributed by atoms with Gasteiger partial charge >= 0.3 is 0 Å². The van der Waals surface area contributed by atoms with E-state index in [0.29, 0.717) is 12.3 Å². The number of rotatable bonds is 12. The maximum atomic E-state index is 13.3. The van der Waals surface area contributed by atoms with Crippen LogP contribution in [-0.2, 0) is 0 Å². The molecule has 0 fully saturated rings. The van der Waals surface area contributed by atoms with E-state index in [-0.39, 0.29) is 5.78 Å². The van der Waals surface area contributed by atoms with Crippen molar-refractivity contribution >= 4 is 22.3 Å². The van der Waals surface area contributed by atoms with Crippen LogP contribution in [0.3, 0.4) is 0 Å². The van der Waals surface area contributed by atoms with E-state index in [1.54, 1.807) is 12.5 Å². The molecule has 2 aromatic heterocycles. The molecule has 0 spiro atoms. The third-order valence-electron chi connectivity index (χ3n) is 6.25. The molecular weight excluding hydrogens is 466 g/mol. The molecule has 1 unspecified atom stereocenters. The molecule has 2 heterocycles. The summed E-state index contributed by atoms with van der Waals surface area (Å²) in [5, 5.41) is 0.889. The fraction of sp³-hybridized carbons (Fsp3) is 0.382. The summed E-state index contributed by atoms with van der Waals surface area (Å²) in [5.74, 6) is 0.729. The number of H-pyrrole nitrogens is 1. The summed E-state index contributed by atoms with van der Waals surface area (Å²) in [6.07, 6.45) is 19.8. The summed E-state index contributed by atoms with van der Waals surface area (Å²) in [6.45, 7) is 16.4. The Morgan fingerprint density at radius 2 is 1.87 bits per heavy atom. The molecular formula is C34H45N3O. The number of fused-ring (bicyclic) bond motifs is 1. The van der Waals surface area contributed by atoms with E-state index in [4.69, 9.17) is 0 Å². The monoisotopic (exact) mass is 511 g/mol. The van der Waals surface area contributed by atoms with Crippen LogP contribution in [-0.4, -0.2) is 20.7 Å². The van der Waals surface area contributed by atoms with Gasteiger partial charge in [-0.3, -0.25) is 9.78 Å². The van der Waals surface area contributed by atoms with E-state index in [1.165, 1.54) is 6.42 Å². The van der Waals surface area contributed by atoms with Crippen molar-refractivity contribution in [2.45, 2.75) is 80.1 Å². The van der Waals surface area contributed by atoms with Gasteiger partial charge in [0.15, 0.2) is 5.78 Å². The number of imidazole rings is 1. The van der Waals surface area contributed by atoms with Crippen molar-refractivity contribution in [2.75, 3.05) is 0 Å². The molecule has 4 nitrogen and oxygen atoms in total. The maximum absolute atomic E-state index is 13.3. The molecule has 0 radical (unpaired) electrons. The first-order valence-electron chi connectivity index (χ1n) is 13.9. The smallest absolute Gasteiger partial charge is 0.163 e. The lowest BCUT2D eigenvalue weighted by molar-refractivity contribution is 0.0974. The van der Waals surface area contributed by atoms with E-state index in [1.807, 2.05) is 50.3 Å². The van der Waals surface area contributed by atoms with Crippen LogP contribution in [0.1, 0.15) is 96.1 Å². The van der Waals surface area contributed by atoms with Crippen molar-refractivity contribution in [3.8, 4) is 11.3 Å². The van der Waals surface area contributed by atoms with Crippen LogP contribution < -0.4 is 0 Å². The molecule has 38 heavy (non-hydrogen) atoms. The summed E-state index contributed by atoms with van der Waals surface area (Å²) in [4.78, 5) is 25.6. The summed E-state index contributed by atoms with van der Waals surface area (Å²) in [7, 11) is 0. The Bertz CT molecular complexity index is 1280. The van der Waals surface area contributed by atoms with Gasteiger partial charge in [0.05, 0.1) is 23.2 Å². The predicted molar refractivity (Wildman–Crippen MR) is 164 cm³/mol. The van der Waals surface area contributed by atoms with Crippen molar-refractivity contribution in [3.05, 3.63) is 90.6 Å². The van der Waals surface area contributed by atoms with E-state index in [2.05, 4.69) is 67.4 Å². The molecule has 4 heteroatoms. The maximum Gasteiger partial charge on any atom is 0.163 e. The highest BCUT2D eigenvalue weighted by Crippen LogP contribution is 2.30. The molecule has 3 rings (SSSR count). The third-order valence-corrected chi connectivity index (χ3v) is 6.25. The van der Waals surface area contributed by atoms with Crippen LogP contribution in [0.15, 0.2) is 79.3 Å². The lowest BCUT2D eigenvalue weighted by atomic mass is 9.91. The van der Waals surface area contributed by atoms with Crippen molar-refractivity contribution in [1.29, 1.82) is 0 Å². The average Bonchev–Trinajstić information content (AvgIpc) is 3.40. The topological polar surface area (TPSA) is 58.6 Å². The summed E-state index contributed by atoms with van der Waals surface area (Å²) in [5.41, 5.74) is 6.43. The van der Waals surface area contributed by atoms with Gasteiger partial charge in [-0.1, -0.05) is 88.6 Å². The number of allylic oxidation sites excluding steroid dienone is 7. The minimum Gasteiger partial charge on any atom is -0.344 e. The number of Topliss-reactive ketones (excluding diaryl/α,β-unsaturated/α-hetero) is 1. The van der Waals surface area contributed by atoms with Gasteiger partial charge in [0.2, 0.25) is 0 Å². The number of nitrogens with one attached hydrogen (secondary N) is 1. The molecule has 0 bridgehead atoms. The van der Waals surface area contributed by atoms with Crippen molar-refractivity contribution in [2.24, 2.45) is 5.92 Å². The Morgan fingerprint density at radius 3 is 2.55 bits per heavy atom. The van der Waals surface area contributed by atoms with Gasteiger partial charge < -0.3 is 4.98 Å². The van der Waals surface area contributed by atoms with E-state index >= 15 is 0 Å². The van der Waals surface area contributed by atoms with Crippen LogP contribution in [0.2, 0.25) is 0 Å². The standard InChI is InChI=1S/C31H37N3O.C3H8/c1-6-8-13-24(10-7-2)14-17-29(35)26-18-19-32-28-16-15-25(20-27(26)28)31-30(33-21-34-31)23(5)12-9-11-22(3)4;1-3-2/h6,8-9,11-12,15-16,18-21,24H,3,7,10,13-14,17H2,1-2,4-5H3,(H,33,34);3H2,1-2H3/b8-6-,11-9-,23-12+;. The number of carbonyl (C=O) groups is 1. The Balaban J connectivity index is 0.00000161. The second-order valence-electron chi connectivity index (χ2n) is 9.90. The van der Waals surface area contributed by atoms with Crippen LogP contribution in [0.5, 0.6) is 0 Å². The normalized spacial score (nSPS) is 12.6. The van der Waals surface area contributed by atoms with Crippen LogP contribution in [0, 0.1) is 5.92 Å². The quantitative estimate of drug-likeness (QED) is 0.149. The molecule has 0 aliphatic rings. The van der Waals surface area contributed by atoms with Crippen molar-refractivity contribution < 1.29 is 4.79 Å². The number of nitrogens with zero attached hydrogens (tertiary/aromatic N) is 2. The van der Waals surface area contributed by atoms with Gasteiger partial charge in [-0.15, -0.1) is 0 Å². The Hall–Kier alpha value is -3.53. The highest BCUT2D eigenvalue weighted by Gasteiger charge is 2.16. The lowest BCUT2D eigenvalue weighted by Gasteiger charge is -2.14. The first-order valence-corrected chi connectivity index (χ1v) is 13.9. The summed E-state index contributed by atoms with van der Waals surface area (Å²) >= 11 is 0. The van der Waals surface area contributed by atoms with Gasteiger partial charge in [0, 0.05) is 29.1 Å². The zero-order valence-corrected chi connectivity index (χ0v) is 24.2. The fourth-order valence-corrected chi connectivity index (χ4v) is 4.38. The van der Waals surface area contributed by atoms with Crippen LogP contribution in [0.25, 0.3) is 27.7 Å². The van der Waals surface area contributed by atoms with E-state index in [9.17, 15) is 4.79 Å². The Morgan fingerprint density at radius 1 is 1.11 bits per heavy atom. The number of aromatic nitrogens is 3. The summed E-state index contributed by atoms with van der Waals surface area (Å²) < 4.78 is 0. The van der Waals surface area contributed by atoms with Gasteiger partial charge in [0.1, 0.15) is 0 Å². The van der Waals surface area contributed by atoms with E-state index in [0.717, 1.165) is 70.2 Å². The molecule has 3 aromatic rings. The van der Waals surface area contributed by atoms with Gasteiger partial charge in [-0.25, -0.2) is 4.98 Å². The SMILES string of the molecule is C=C(C)/C=C\C=C(/C)c1nc[nH]c1-c1ccc2nccc(C(=O)CCC(C/C=C\C)CCC)c2c1.CCC. The zero-order valence-electron chi connectivity index (χ0n) is 24.2. The van der Waals surface area contributed by atoms with Crippen LogP contribution >= 0.6 is 0 Å². The molecule has 0 amide bonds. The number of hydrogen-bond acceptors (Lipinski definition) is 3. The third kappa shape index (κ3) is 9.09. The number of hydrogen-bond donors (Lipinski definition) is 1. The fourth-order valence-electron chi connectivity index (χ4n) is 4.38. The predicted octanol–water partition coefficient (Wildman–Crippen LogP) is 9.92. The Kier molecular flexibility index (Phi) is 13.2. The molecule has 1 N–H and O–H groups in total. The molecule has 0 aliphatic carbocycles. The number of carbonyl (C=O) groups excluding carboxylic acids is 1. The van der Waals surface area contributed by atoms with Gasteiger partial charge in [0.25, 0.3) is 0 Å². The minimum absolute atomic E-state index is 0.182. The number of benzene rings is 1.